The summed E-state index contributed by atoms with van der Waals surface area (Å²) in [7, 11) is -5.17. The second kappa shape index (κ2) is 33.7. The summed E-state index contributed by atoms with van der Waals surface area (Å²) in [6, 6.07) is -1.29. The summed E-state index contributed by atoms with van der Waals surface area (Å²) in [5, 5.41) is 74.1. The van der Waals surface area contributed by atoms with Crippen molar-refractivity contribution in [3.8, 4) is 0 Å². The lowest BCUT2D eigenvalue weighted by atomic mass is 9.85. The quantitative estimate of drug-likeness (QED) is 0.0192. The van der Waals surface area contributed by atoms with Crippen molar-refractivity contribution in [3.63, 3.8) is 0 Å². The summed E-state index contributed by atoms with van der Waals surface area (Å²) in [4.78, 5) is 23.3. The Morgan fingerprint density at radius 2 is 1.05 bits per heavy atom. The van der Waals surface area contributed by atoms with Crippen molar-refractivity contribution in [1.82, 2.24) is 5.32 Å². The van der Waals surface area contributed by atoms with Gasteiger partial charge in [-0.1, -0.05) is 145 Å². The van der Waals surface area contributed by atoms with E-state index in [9.17, 15) is 50.0 Å². The number of aliphatic hydroxyl groups is 7. The summed E-state index contributed by atoms with van der Waals surface area (Å²) >= 11 is 0. The Morgan fingerprint density at radius 3 is 1.59 bits per heavy atom. The van der Waals surface area contributed by atoms with Gasteiger partial charge >= 0.3 is 7.82 Å². The number of phosphoric acid groups is 1. The minimum Gasteiger partial charge on any atom is -0.389 e. The molecule has 8 atom stereocenters. The first-order chi connectivity index (χ1) is 27.8. The number of aliphatic hydroxyl groups excluding tert-OH is 7. The van der Waals surface area contributed by atoms with Crippen LogP contribution in [0.5, 0.6) is 0 Å². The van der Waals surface area contributed by atoms with E-state index in [0.717, 1.165) is 32.1 Å². The third-order valence-electron chi connectivity index (χ3n) is 10.1. The molecule has 1 amide bonds. The first-order valence-electron chi connectivity index (χ1n) is 21.8. The van der Waals surface area contributed by atoms with Crippen LogP contribution in [0.1, 0.15) is 149 Å². The highest BCUT2D eigenvalue weighted by Crippen LogP contribution is 2.47. The predicted octanol–water partition coefficient (Wildman–Crippen LogP) is 6.53. The van der Waals surface area contributed by atoms with Crippen LogP contribution in [0.3, 0.4) is 0 Å². The van der Waals surface area contributed by atoms with Crippen molar-refractivity contribution in [2.75, 3.05) is 6.61 Å². The van der Waals surface area contributed by atoms with E-state index in [-0.39, 0.29) is 6.42 Å². The molecule has 0 saturated heterocycles. The molecule has 0 bridgehead atoms. The number of phosphoric ester groups is 1. The lowest BCUT2D eigenvalue weighted by Crippen LogP contribution is -2.64. The van der Waals surface area contributed by atoms with Crippen molar-refractivity contribution >= 4 is 13.7 Å². The maximum Gasteiger partial charge on any atom is 0.472 e. The van der Waals surface area contributed by atoms with E-state index in [1.54, 1.807) is 12.2 Å². The molecule has 1 aliphatic rings. The van der Waals surface area contributed by atoms with Crippen LogP contribution < -0.4 is 5.32 Å². The normalized spacial score (nSPS) is 24.4. The van der Waals surface area contributed by atoms with Crippen LogP contribution in [-0.4, -0.2) is 108 Å². The van der Waals surface area contributed by atoms with Gasteiger partial charge in [-0.25, -0.2) is 4.57 Å². The number of carbonyl (C=O) groups excluding carboxylic acids is 1. The maximum absolute atomic E-state index is 12.9. The highest BCUT2D eigenvalue weighted by atomic mass is 31.2. The predicted molar refractivity (Wildman–Crippen MR) is 229 cm³/mol. The number of rotatable bonds is 34. The molecule has 13 nitrogen and oxygen atoms in total. The van der Waals surface area contributed by atoms with Gasteiger partial charge < -0.3 is 46.0 Å². The first-order valence-corrected chi connectivity index (χ1v) is 23.3. The average Bonchev–Trinajstić information content (AvgIpc) is 3.19. The smallest absolute Gasteiger partial charge is 0.389 e. The third-order valence-corrected chi connectivity index (χ3v) is 11.0. The van der Waals surface area contributed by atoms with Crippen molar-refractivity contribution in [2.45, 2.75) is 204 Å². The summed E-state index contributed by atoms with van der Waals surface area (Å²) in [5.74, 6) is -0.678. The molecule has 0 aromatic heterocycles. The minimum atomic E-state index is -5.17. The fraction of sp³-hybridized carbons (Fsp3) is 0.750. The van der Waals surface area contributed by atoms with Gasteiger partial charge in [0.2, 0.25) is 5.91 Å². The second-order valence-corrected chi connectivity index (χ2v) is 16.8. The third kappa shape index (κ3) is 25.6. The van der Waals surface area contributed by atoms with E-state index in [4.69, 9.17) is 9.05 Å². The van der Waals surface area contributed by atoms with Crippen LogP contribution >= 0.6 is 7.82 Å². The van der Waals surface area contributed by atoms with Crippen molar-refractivity contribution < 1.29 is 59.0 Å². The highest BCUT2D eigenvalue weighted by Gasteiger charge is 2.51. The zero-order valence-corrected chi connectivity index (χ0v) is 36.1. The van der Waals surface area contributed by atoms with Gasteiger partial charge in [0.05, 0.1) is 31.3 Å². The molecule has 0 aromatic rings. The van der Waals surface area contributed by atoms with Gasteiger partial charge in [-0.2, -0.15) is 0 Å². The van der Waals surface area contributed by atoms with Crippen LogP contribution in [-0.2, 0) is 18.4 Å². The monoisotopic (exact) mass is 844 g/mol. The number of hydrogen-bond donors (Lipinski definition) is 9. The fourth-order valence-electron chi connectivity index (χ4n) is 6.45. The Morgan fingerprint density at radius 1 is 0.603 bits per heavy atom. The molecule has 0 radical (unpaired) electrons. The molecule has 0 aliphatic heterocycles. The number of nitrogens with one attached hydrogen (secondary N) is 1. The second-order valence-electron chi connectivity index (χ2n) is 15.4. The first kappa shape index (κ1) is 54.0. The van der Waals surface area contributed by atoms with Crippen LogP contribution in [0.4, 0.5) is 0 Å². The average molecular weight is 844 g/mol. The Labute approximate surface area is 348 Å². The van der Waals surface area contributed by atoms with Gasteiger partial charge in [0, 0.05) is 0 Å². The molecule has 1 aliphatic carbocycles. The lowest BCUT2D eigenvalue weighted by molar-refractivity contribution is -0.220. The van der Waals surface area contributed by atoms with Crippen molar-refractivity contribution in [3.05, 3.63) is 60.8 Å². The molecule has 1 saturated carbocycles. The topological polar surface area (TPSA) is 226 Å². The fourth-order valence-corrected chi connectivity index (χ4v) is 7.41. The van der Waals surface area contributed by atoms with Gasteiger partial charge in [0.1, 0.15) is 36.6 Å². The van der Waals surface area contributed by atoms with Gasteiger partial charge in [-0.15, -0.1) is 0 Å². The maximum atomic E-state index is 12.9. The molecule has 0 heterocycles. The van der Waals surface area contributed by atoms with Gasteiger partial charge in [-0.3, -0.25) is 13.8 Å². The van der Waals surface area contributed by atoms with Gasteiger partial charge in [0.25, 0.3) is 0 Å². The Kier molecular flexibility index (Phi) is 31.4. The van der Waals surface area contributed by atoms with Gasteiger partial charge in [-0.05, 0) is 57.8 Å². The molecule has 1 fully saturated rings. The summed E-state index contributed by atoms with van der Waals surface area (Å²) < 4.78 is 22.8. The number of amides is 1. The van der Waals surface area contributed by atoms with E-state index in [2.05, 4.69) is 43.5 Å². The zero-order chi connectivity index (χ0) is 43.0. The molecule has 14 heteroatoms. The highest BCUT2D eigenvalue weighted by molar-refractivity contribution is 7.47. The number of unbranched alkanes of at least 4 members (excludes halogenated alkanes) is 15. The summed E-state index contributed by atoms with van der Waals surface area (Å²) in [6.07, 6.45) is 26.4. The Bertz CT molecular complexity index is 1230. The van der Waals surface area contributed by atoms with E-state index in [0.29, 0.717) is 19.3 Å². The Balaban J connectivity index is 2.69. The molecular weight excluding hydrogens is 765 g/mol. The lowest BCUT2D eigenvalue weighted by Gasteiger charge is -2.41. The minimum absolute atomic E-state index is 0.365. The SMILES string of the molecule is CCCCCCCC/C=C\C/C=C\C(O)CC(=O)NC(COP(=O)(O)OC1C(O)C(O)C(O)C(O)C1O)C(O)/C=C/CC/C=C/CC/C=C/CCCCCCCCC. The largest absolute Gasteiger partial charge is 0.472 e. The number of allylic oxidation sites excluding steroid dienone is 8. The summed E-state index contributed by atoms with van der Waals surface area (Å²) in [5.41, 5.74) is 0. The van der Waals surface area contributed by atoms with E-state index in [1.807, 2.05) is 12.2 Å². The number of hydrogen-bond acceptors (Lipinski definition) is 11. The molecule has 58 heavy (non-hydrogen) atoms. The van der Waals surface area contributed by atoms with Crippen LogP contribution in [0.2, 0.25) is 0 Å². The van der Waals surface area contributed by atoms with Crippen LogP contribution in [0, 0.1) is 0 Å². The summed E-state index contributed by atoms with van der Waals surface area (Å²) in [6.45, 7) is 3.65. The van der Waals surface area contributed by atoms with Gasteiger partial charge in [0.15, 0.2) is 0 Å². The molecule has 8 unspecified atom stereocenters. The molecule has 336 valence electrons. The van der Waals surface area contributed by atoms with Crippen LogP contribution in [0.25, 0.3) is 0 Å². The van der Waals surface area contributed by atoms with E-state index >= 15 is 0 Å². The molecular formula is C44H78NO12P. The van der Waals surface area contributed by atoms with Crippen molar-refractivity contribution in [2.24, 2.45) is 0 Å². The van der Waals surface area contributed by atoms with E-state index < -0.39 is 75.2 Å². The zero-order valence-electron chi connectivity index (χ0n) is 35.2. The molecule has 0 aromatic carbocycles. The number of carbonyl (C=O) groups is 1. The standard InChI is InChI=1S/C44H78NO12P/c1-3-5-7-9-11-13-15-16-17-18-19-20-22-24-26-28-30-32-37(47)36(34-56-58(54,55)57-44-42(52)40(50)39(49)41(51)43(44)53)45-38(48)33-35(46)31-29-27-25-23-21-14-12-10-8-6-4-2/h17-18,22-25,29-32,35-37,39-44,46-47,49-53H,3-16,19-21,26-28,33-34H2,1-2H3,(H,45,48)(H,54,55)/b18-17+,24-22+,25-23-,31-29-,32-30+. The molecule has 0 spiro atoms. The Hall–Kier alpha value is -2.00. The molecule has 9 N–H and O–H groups in total. The van der Waals surface area contributed by atoms with Crippen molar-refractivity contribution in [1.29, 1.82) is 0 Å². The molecule has 1 rings (SSSR count). The van der Waals surface area contributed by atoms with E-state index in [1.165, 1.54) is 89.2 Å². The van der Waals surface area contributed by atoms with Crippen LogP contribution in [0.15, 0.2) is 60.8 Å².